The summed E-state index contributed by atoms with van der Waals surface area (Å²) in [6, 6.07) is 0. The van der Waals surface area contributed by atoms with Crippen molar-refractivity contribution in [3.63, 3.8) is 0 Å². The van der Waals surface area contributed by atoms with Crippen LogP contribution < -0.4 is 0 Å². The van der Waals surface area contributed by atoms with Crippen LogP contribution in [0.5, 0.6) is 0 Å². The molecule has 0 amide bonds. The van der Waals surface area contributed by atoms with Gasteiger partial charge in [0.1, 0.15) is 0 Å². The van der Waals surface area contributed by atoms with Crippen LogP contribution in [0.25, 0.3) is 0 Å². The molecule has 4 heteroatoms. The number of hydrogen-bond acceptors (Lipinski definition) is 3. The summed E-state index contributed by atoms with van der Waals surface area (Å²) in [7, 11) is 0. The van der Waals surface area contributed by atoms with Crippen LogP contribution in [0.15, 0.2) is 6.20 Å². The molecular weight excluding hydrogens is 192 g/mol. The number of hydrogen-bond donors (Lipinski definition) is 1. The van der Waals surface area contributed by atoms with Gasteiger partial charge in [-0.05, 0) is 19.3 Å². The lowest BCUT2D eigenvalue weighted by molar-refractivity contribution is -0.137. The molecule has 1 N–H and O–H groups in total. The molecule has 0 radical (unpaired) electrons. The lowest BCUT2D eigenvalue weighted by Crippen LogP contribution is -2.07. The Balaban J connectivity index is 2.19. The van der Waals surface area contributed by atoms with Crippen LogP contribution in [0, 0.1) is 0 Å². The highest BCUT2D eigenvalue weighted by atomic mass is 16.4. The van der Waals surface area contributed by atoms with Crippen LogP contribution in [0.4, 0.5) is 0 Å². The number of carboxylic acids is 1. The van der Waals surface area contributed by atoms with E-state index in [2.05, 4.69) is 9.97 Å². The zero-order valence-corrected chi connectivity index (χ0v) is 8.73. The highest BCUT2D eigenvalue weighted by Crippen LogP contribution is 2.22. The summed E-state index contributed by atoms with van der Waals surface area (Å²) in [6.45, 7) is 1.87. The lowest BCUT2D eigenvalue weighted by atomic mass is 10.0. The van der Waals surface area contributed by atoms with E-state index >= 15 is 0 Å². The fourth-order valence-corrected chi connectivity index (χ4v) is 1.90. The van der Waals surface area contributed by atoms with Gasteiger partial charge in [0.15, 0.2) is 0 Å². The average molecular weight is 206 g/mol. The number of fused-ring (bicyclic) bond motifs is 1. The summed E-state index contributed by atoms with van der Waals surface area (Å²) < 4.78 is 0. The van der Waals surface area contributed by atoms with Gasteiger partial charge in [0, 0.05) is 12.1 Å². The van der Waals surface area contributed by atoms with Crippen molar-refractivity contribution in [2.75, 3.05) is 0 Å². The topological polar surface area (TPSA) is 63.1 Å². The highest BCUT2D eigenvalue weighted by Gasteiger charge is 2.17. The fraction of sp³-hybridized carbons (Fsp3) is 0.545. The monoisotopic (exact) mass is 206 g/mol. The first-order chi connectivity index (χ1) is 7.16. The molecule has 0 saturated carbocycles. The van der Waals surface area contributed by atoms with Crippen LogP contribution >= 0.6 is 0 Å². The molecule has 1 unspecified atom stereocenters. The SMILES string of the molecule is CC(CC(=O)O)c1cnc2c(n1)CCC2. The molecule has 2 rings (SSSR count). The molecule has 1 aliphatic rings. The van der Waals surface area contributed by atoms with E-state index in [-0.39, 0.29) is 12.3 Å². The van der Waals surface area contributed by atoms with Crippen LogP contribution in [0.2, 0.25) is 0 Å². The van der Waals surface area contributed by atoms with E-state index in [9.17, 15) is 4.79 Å². The van der Waals surface area contributed by atoms with Crippen LogP contribution in [-0.4, -0.2) is 21.0 Å². The van der Waals surface area contributed by atoms with Gasteiger partial charge in [0.2, 0.25) is 0 Å². The second-order valence-corrected chi connectivity index (χ2v) is 4.04. The van der Waals surface area contributed by atoms with Gasteiger partial charge < -0.3 is 5.11 Å². The standard InChI is InChI=1S/C11H14N2O2/c1-7(5-11(14)15)10-6-12-8-3-2-4-9(8)13-10/h6-7H,2-5H2,1H3,(H,14,15). The van der Waals surface area contributed by atoms with Gasteiger partial charge >= 0.3 is 5.97 Å². The Labute approximate surface area is 88.4 Å². The molecule has 80 valence electrons. The number of carboxylic acid groups (broad SMARTS) is 1. The maximum absolute atomic E-state index is 10.6. The molecule has 1 aromatic rings. The maximum Gasteiger partial charge on any atom is 0.304 e. The molecule has 1 aromatic heterocycles. The Morgan fingerprint density at radius 3 is 3.00 bits per heavy atom. The van der Waals surface area contributed by atoms with Crippen molar-refractivity contribution in [2.24, 2.45) is 0 Å². The first-order valence-electron chi connectivity index (χ1n) is 5.23. The summed E-state index contributed by atoms with van der Waals surface area (Å²) in [4.78, 5) is 19.4. The Morgan fingerprint density at radius 1 is 1.53 bits per heavy atom. The predicted octanol–water partition coefficient (Wildman–Crippen LogP) is 1.54. The van der Waals surface area contributed by atoms with Crippen LogP contribution in [0.1, 0.15) is 42.8 Å². The molecular formula is C11H14N2O2. The number of aryl methyl sites for hydroxylation is 2. The van der Waals surface area contributed by atoms with E-state index in [1.807, 2.05) is 6.92 Å². The van der Waals surface area contributed by atoms with Crippen molar-refractivity contribution < 1.29 is 9.90 Å². The molecule has 4 nitrogen and oxygen atoms in total. The minimum atomic E-state index is -0.787. The number of carbonyl (C=O) groups is 1. The lowest BCUT2D eigenvalue weighted by Gasteiger charge is -2.08. The van der Waals surface area contributed by atoms with E-state index in [1.54, 1.807) is 6.20 Å². The molecule has 0 aliphatic heterocycles. The zero-order chi connectivity index (χ0) is 10.8. The van der Waals surface area contributed by atoms with E-state index in [4.69, 9.17) is 5.11 Å². The van der Waals surface area contributed by atoms with Crippen molar-refractivity contribution in [1.82, 2.24) is 9.97 Å². The first kappa shape index (κ1) is 10.1. The zero-order valence-electron chi connectivity index (χ0n) is 8.73. The molecule has 0 fully saturated rings. The van der Waals surface area contributed by atoms with Crippen molar-refractivity contribution in [1.29, 1.82) is 0 Å². The summed E-state index contributed by atoms with van der Waals surface area (Å²) >= 11 is 0. The van der Waals surface area contributed by atoms with Crippen molar-refractivity contribution in [2.45, 2.75) is 38.5 Å². The second-order valence-electron chi connectivity index (χ2n) is 4.04. The highest BCUT2D eigenvalue weighted by molar-refractivity contribution is 5.67. The summed E-state index contributed by atoms with van der Waals surface area (Å²) in [5.74, 6) is -0.842. The number of rotatable bonds is 3. The van der Waals surface area contributed by atoms with Crippen LogP contribution in [-0.2, 0) is 17.6 Å². The molecule has 0 aromatic carbocycles. The Kier molecular flexibility index (Phi) is 2.66. The minimum absolute atomic E-state index is 0.0547. The molecule has 1 atom stereocenters. The normalized spacial score (nSPS) is 16.1. The number of aromatic nitrogens is 2. The van der Waals surface area contributed by atoms with Gasteiger partial charge in [-0.2, -0.15) is 0 Å². The minimum Gasteiger partial charge on any atom is -0.481 e. The van der Waals surface area contributed by atoms with Gasteiger partial charge in [0.05, 0.1) is 23.5 Å². The Morgan fingerprint density at radius 2 is 2.27 bits per heavy atom. The largest absolute Gasteiger partial charge is 0.481 e. The van der Waals surface area contributed by atoms with Gasteiger partial charge in [-0.3, -0.25) is 14.8 Å². The van der Waals surface area contributed by atoms with Gasteiger partial charge in [-0.1, -0.05) is 6.92 Å². The molecule has 0 spiro atoms. The Hall–Kier alpha value is -1.45. The molecule has 0 saturated heterocycles. The molecule has 1 heterocycles. The van der Waals surface area contributed by atoms with Crippen molar-refractivity contribution in [3.8, 4) is 0 Å². The van der Waals surface area contributed by atoms with Crippen molar-refractivity contribution >= 4 is 5.97 Å². The quantitative estimate of drug-likeness (QED) is 0.814. The molecule has 0 bridgehead atoms. The Bertz CT molecular complexity index is 390. The third kappa shape index (κ3) is 2.14. The fourth-order valence-electron chi connectivity index (χ4n) is 1.90. The molecule has 1 aliphatic carbocycles. The second kappa shape index (κ2) is 3.96. The predicted molar refractivity (Wildman–Crippen MR) is 54.7 cm³/mol. The van der Waals surface area contributed by atoms with E-state index < -0.39 is 5.97 Å². The first-order valence-corrected chi connectivity index (χ1v) is 5.23. The van der Waals surface area contributed by atoms with E-state index in [0.29, 0.717) is 0 Å². The smallest absolute Gasteiger partial charge is 0.304 e. The van der Waals surface area contributed by atoms with Gasteiger partial charge in [-0.25, -0.2) is 0 Å². The third-order valence-electron chi connectivity index (χ3n) is 2.76. The van der Waals surface area contributed by atoms with Gasteiger partial charge in [0.25, 0.3) is 0 Å². The van der Waals surface area contributed by atoms with E-state index in [1.165, 1.54) is 0 Å². The summed E-state index contributed by atoms with van der Waals surface area (Å²) in [5.41, 5.74) is 2.95. The number of nitrogens with zero attached hydrogens (tertiary/aromatic N) is 2. The van der Waals surface area contributed by atoms with Crippen molar-refractivity contribution in [3.05, 3.63) is 23.3 Å². The maximum atomic E-state index is 10.6. The van der Waals surface area contributed by atoms with E-state index in [0.717, 1.165) is 36.3 Å². The third-order valence-corrected chi connectivity index (χ3v) is 2.76. The average Bonchev–Trinajstić information content (AvgIpc) is 2.62. The van der Waals surface area contributed by atoms with Crippen LogP contribution in [0.3, 0.4) is 0 Å². The molecule has 15 heavy (non-hydrogen) atoms. The van der Waals surface area contributed by atoms with Gasteiger partial charge in [-0.15, -0.1) is 0 Å². The number of aliphatic carboxylic acids is 1. The summed E-state index contributed by atoms with van der Waals surface area (Å²) in [6.07, 6.45) is 4.95. The summed E-state index contributed by atoms with van der Waals surface area (Å²) in [5, 5.41) is 8.69.